The van der Waals surface area contributed by atoms with Gasteiger partial charge in [0.15, 0.2) is 0 Å². The summed E-state index contributed by atoms with van der Waals surface area (Å²) in [5.41, 5.74) is 5.62. The van der Waals surface area contributed by atoms with E-state index in [0.717, 1.165) is 0 Å². The first-order valence-electron chi connectivity index (χ1n) is 2.65. The van der Waals surface area contributed by atoms with E-state index in [-0.39, 0.29) is 40.1 Å². The number of nitrogens with two attached hydrogens (primary N) is 1. The maximum atomic E-state index is 10.3. The third-order valence-electron chi connectivity index (χ3n) is 1.10. The molecule has 1 unspecified atom stereocenters. The van der Waals surface area contributed by atoms with Gasteiger partial charge in [0.25, 0.3) is 0 Å². The van der Waals surface area contributed by atoms with Crippen LogP contribution in [0.3, 0.4) is 0 Å². The van der Waals surface area contributed by atoms with Crippen LogP contribution < -0.4 is 5.73 Å². The Kier molecular flexibility index (Phi) is 4.96. The van der Waals surface area contributed by atoms with Gasteiger partial charge in [0.1, 0.15) is 0 Å². The third-order valence-corrected chi connectivity index (χ3v) is 1.83. The van der Waals surface area contributed by atoms with Gasteiger partial charge in [-0.1, -0.05) is 12.1 Å². The fraction of sp³-hybridized carbons (Fsp3) is 0. The summed E-state index contributed by atoms with van der Waals surface area (Å²) in [4.78, 5) is 0.155. The van der Waals surface area contributed by atoms with E-state index in [1.807, 2.05) is 0 Å². The topological polar surface area (TPSA) is 66.2 Å². The van der Waals surface area contributed by atoms with Crippen molar-refractivity contribution >= 4 is 46.3 Å². The van der Waals surface area contributed by atoms with E-state index in [1.165, 1.54) is 6.07 Å². The predicted molar refractivity (Wildman–Crippen MR) is 43.8 cm³/mol. The first-order valence-corrected chi connectivity index (χ1v) is 3.73. The van der Waals surface area contributed by atoms with E-state index in [1.54, 1.807) is 18.2 Å². The van der Waals surface area contributed by atoms with Crippen LogP contribution in [0.2, 0.25) is 0 Å². The van der Waals surface area contributed by atoms with Gasteiger partial charge in [0.05, 0.1) is 0 Å². The minimum absolute atomic E-state index is 0. The SMILES string of the molecule is Nc1ccccc1S(=O)[O-].[Na]. The van der Waals surface area contributed by atoms with E-state index in [4.69, 9.17) is 5.73 Å². The zero-order valence-electron chi connectivity index (χ0n) is 6.11. The van der Waals surface area contributed by atoms with Crippen molar-refractivity contribution in [1.82, 2.24) is 0 Å². The van der Waals surface area contributed by atoms with E-state index >= 15 is 0 Å². The van der Waals surface area contributed by atoms with Crippen LogP contribution in [0, 0.1) is 0 Å². The quantitative estimate of drug-likeness (QED) is 0.378. The second kappa shape index (κ2) is 4.90. The van der Waals surface area contributed by atoms with E-state index in [9.17, 15) is 8.76 Å². The summed E-state index contributed by atoms with van der Waals surface area (Å²) in [6.07, 6.45) is 0. The molecule has 1 radical (unpaired) electrons. The van der Waals surface area contributed by atoms with Crippen molar-refractivity contribution in [3.8, 4) is 0 Å². The normalized spacial score (nSPS) is 11.7. The zero-order valence-corrected chi connectivity index (χ0v) is 8.93. The molecule has 1 aromatic rings. The van der Waals surface area contributed by atoms with Gasteiger partial charge in [0.2, 0.25) is 0 Å². The number of para-hydroxylation sites is 1. The fourth-order valence-electron chi connectivity index (χ4n) is 0.632. The minimum Gasteiger partial charge on any atom is -0.768 e. The van der Waals surface area contributed by atoms with Crippen LogP contribution in [0.25, 0.3) is 0 Å². The molecule has 0 spiro atoms. The van der Waals surface area contributed by atoms with Crippen molar-refractivity contribution < 1.29 is 8.76 Å². The van der Waals surface area contributed by atoms with Crippen molar-refractivity contribution in [2.24, 2.45) is 0 Å². The van der Waals surface area contributed by atoms with E-state index in [0.29, 0.717) is 0 Å². The predicted octanol–water partition coefficient (Wildman–Crippen LogP) is 0.126. The molecular formula is C6H6NNaO2S-. The van der Waals surface area contributed by atoms with Crippen LogP contribution in [-0.4, -0.2) is 38.3 Å². The summed E-state index contributed by atoms with van der Waals surface area (Å²) in [6.45, 7) is 0. The Morgan fingerprint density at radius 2 is 1.91 bits per heavy atom. The molecule has 0 aliphatic rings. The first kappa shape index (κ1) is 11.1. The van der Waals surface area contributed by atoms with Crippen LogP contribution in [0.15, 0.2) is 29.2 Å². The average molecular weight is 179 g/mol. The summed E-state index contributed by atoms with van der Waals surface area (Å²) >= 11 is -2.22. The molecule has 1 rings (SSSR count). The Balaban J connectivity index is 0.000001000. The smallest absolute Gasteiger partial charge is 0.0478 e. The second-order valence-corrected chi connectivity index (χ2v) is 2.68. The summed E-state index contributed by atoms with van der Waals surface area (Å²) in [5.74, 6) is 0. The molecular weight excluding hydrogens is 173 g/mol. The number of rotatable bonds is 1. The molecule has 5 heteroatoms. The van der Waals surface area contributed by atoms with Crippen molar-refractivity contribution in [3.05, 3.63) is 24.3 Å². The van der Waals surface area contributed by atoms with Gasteiger partial charge in [-0.25, -0.2) is 0 Å². The Morgan fingerprint density at radius 1 is 1.36 bits per heavy atom. The molecule has 3 nitrogen and oxygen atoms in total. The van der Waals surface area contributed by atoms with E-state index < -0.39 is 11.1 Å². The molecule has 11 heavy (non-hydrogen) atoms. The van der Waals surface area contributed by atoms with Crippen LogP contribution in [0.1, 0.15) is 0 Å². The van der Waals surface area contributed by atoms with Crippen molar-refractivity contribution in [2.75, 3.05) is 5.73 Å². The second-order valence-electron chi connectivity index (χ2n) is 1.77. The van der Waals surface area contributed by atoms with Crippen LogP contribution in [-0.2, 0) is 11.1 Å². The molecule has 2 N–H and O–H groups in total. The largest absolute Gasteiger partial charge is 0.768 e. The average Bonchev–Trinajstić information content (AvgIpc) is 1.88. The molecule has 1 atom stereocenters. The van der Waals surface area contributed by atoms with Gasteiger partial charge in [-0.3, -0.25) is 4.21 Å². The number of anilines is 1. The summed E-state index contributed by atoms with van der Waals surface area (Å²) in [5, 5.41) is 0. The number of nitrogen functional groups attached to an aromatic ring is 1. The van der Waals surface area contributed by atoms with Crippen LogP contribution in [0.5, 0.6) is 0 Å². The Morgan fingerprint density at radius 3 is 2.27 bits per heavy atom. The zero-order chi connectivity index (χ0) is 7.56. The van der Waals surface area contributed by atoms with Crippen LogP contribution >= 0.6 is 0 Å². The van der Waals surface area contributed by atoms with Gasteiger partial charge in [-0.2, -0.15) is 0 Å². The maximum absolute atomic E-state index is 10.3. The number of hydrogen-bond donors (Lipinski definition) is 1. The Labute approximate surface area is 89.6 Å². The molecule has 0 saturated heterocycles. The van der Waals surface area contributed by atoms with Crippen LogP contribution in [0.4, 0.5) is 5.69 Å². The fourth-order valence-corrected chi connectivity index (χ4v) is 1.08. The molecule has 0 aliphatic heterocycles. The van der Waals surface area contributed by atoms with Crippen molar-refractivity contribution in [2.45, 2.75) is 4.90 Å². The molecule has 1 aromatic carbocycles. The maximum Gasteiger partial charge on any atom is 0.0478 e. The van der Waals surface area contributed by atoms with Crippen molar-refractivity contribution in [3.63, 3.8) is 0 Å². The molecule has 0 bridgehead atoms. The Hall–Kier alpha value is 0.130. The van der Waals surface area contributed by atoms with Crippen molar-refractivity contribution in [1.29, 1.82) is 0 Å². The summed E-state index contributed by atoms with van der Waals surface area (Å²) in [7, 11) is 0. The molecule has 0 aromatic heterocycles. The van der Waals surface area contributed by atoms with E-state index in [2.05, 4.69) is 0 Å². The summed E-state index contributed by atoms with van der Waals surface area (Å²) < 4.78 is 20.7. The number of hydrogen-bond acceptors (Lipinski definition) is 3. The molecule has 0 fully saturated rings. The monoisotopic (exact) mass is 179 g/mol. The third kappa shape index (κ3) is 2.92. The standard InChI is InChI=1S/C6H7NO2S.Na/c7-5-3-1-2-4-6(5)10(8)9;/h1-4H,7H2,(H,8,9);/p-1. The van der Waals surface area contributed by atoms with Gasteiger partial charge >= 0.3 is 0 Å². The molecule has 0 heterocycles. The molecule has 0 aliphatic carbocycles. The van der Waals surface area contributed by atoms with Gasteiger partial charge in [0, 0.05) is 40.1 Å². The molecule has 0 amide bonds. The minimum atomic E-state index is -2.22. The molecule has 0 saturated carbocycles. The van der Waals surface area contributed by atoms with Gasteiger partial charge in [-0.15, -0.1) is 0 Å². The first-order chi connectivity index (χ1) is 4.72. The summed E-state index contributed by atoms with van der Waals surface area (Å²) in [6, 6.07) is 6.32. The Bertz CT molecular complexity index is 267. The molecule has 55 valence electrons. The number of benzene rings is 1. The van der Waals surface area contributed by atoms with Gasteiger partial charge < -0.3 is 10.3 Å². The van der Waals surface area contributed by atoms with Gasteiger partial charge in [-0.05, 0) is 23.2 Å².